The zero-order chi connectivity index (χ0) is 18.1. The largest absolute Gasteiger partial charge is 0.284 e. The molecule has 0 amide bonds. The Morgan fingerprint density at radius 2 is 1.54 bits per heavy atom. The highest BCUT2D eigenvalue weighted by Gasteiger charge is 2.21. The van der Waals surface area contributed by atoms with Gasteiger partial charge in [0.2, 0.25) is 10.0 Å². The van der Waals surface area contributed by atoms with Gasteiger partial charge in [-0.2, -0.15) is 0 Å². The standard InChI is InChI=1S/C14H14F2N2O4S2/c1-9-3-5-11(15)13(7-9)18-24(21,22)14-6-4-10(8-12(14)16)17-23(2,19)20/h3-8,17-18H,1-2H3. The molecular formula is C14H14F2N2O4S2. The normalized spacial score (nSPS) is 12.0. The summed E-state index contributed by atoms with van der Waals surface area (Å²) in [6.45, 7) is 1.64. The molecule has 24 heavy (non-hydrogen) atoms. The summed E-state index contributed by atoms with van der Waals surface area (Å²) in [7, 11) is -8.02. The van der Waals surface area contributed by atoms with Crippen LogP contribution in [0.2, 0.25) is 0 Å². The molecule has 0 fully saturated rings. The van der Waals surface area contributed by atoms with Crippen molar-refractivity contribution in [2.24, 2.45) is 0 Å². The Bertz CT molecular complexity index is 990. The van der Waals surface area contributed by atoms with Crippen LogP contribution in [0.4, 0.5) is 20.2 Å². The highest BCUT2D eigenvalue weighted by atomic mass is 32.2. The first-order chi connectivity index (χ1) is 11.0. The van der Waals surface area contributed by atoms with E-state index in [0.717, 1.165) is 30.5 Å². The van der Waals surface area contributed by atoms with E-state index >= 15 is 0 Å². The summed E-state index contributed by atoms with van der Waals surface area (Å²) in [4.78, 5) is -0.734. The summed E-state index contributed by atoms with van der Waals surface area (Å²) in [5, 5.41) is 0. The molecule has 2 aromatic carbocycles. The van der Waals surface area contributed by atoms with Crippen molar-refractivity contribution in [3.05, 3.63) is 53.6 Å². The number of anilines is 2. The molecule has 0 radical (unpaired) electrons. The Kier molecular flexibility index (Phi) is 4.81. The van der Waals surface area contributed by atoms with Crippen molar-refractivity contribution >= 4 is 31.4 Å². The second-order valence-electron chi connectivity index (χ2n) is 5.11. The van der Waals surface area contributed by atoms with E-state index in [-0.39, 0.29) is 11.4 Å². The fourth-order valence-corrected chi connectivity index (χ4v) is 3.59. The summed E-state index contributed by atoms with van der Waals surface area (Å²) in [6.07, 6.45) is 0.873. The maximum atomic E-state index is 14.1. The number of nitrogens with one attached hydrogen (secondary N) is 2. The first-order valence-electron chi connectivity index (χ1n) is 6.54. The maximum absolute atomic E-state index is 14.1. The first-order valence-corrected chi connectivity index (χ1v) is 9.92. The van der Waals surface area contributed by atoms with Gasteiger partial charge in [0.1, 0.15) is 16.5 Å². The molecule has 2 aromatic rings. The Morgan fingerprint density at radius 1 is 0.875 bits per heavy atom. The van der Waals surface area contributed by atoms with Gasteiger partial charge in [0, 0.05) is 0 Å². The van der Waals surface area contributed by atoms with Crippen molar-refractivity contribution in [3.63, 3.8) is 0 Å². The van der Waals surface area contributed by atoms with Crippen molar-refractivity contribution in [3.8, 4) is 0 Å². The number of hydrogen-bond donors (Lipinski definition) is 2. The van der Waals surface area contributed by atoms with Gasteiger partial charge in [-0.3, -0.25) is 9.44 Å². The molecule has 2 rings (SSSR count). The lowest BCUT2D eigenvalue weighted by Gasteiger charge is -2.11. The molecule has 0 spiro atoms. The summed E-state index contributed by atoms with van der Waals surface area (Å²) in [6, 6.07) is 6.51. The first kappa shape index (κ1) is 18.1. The Labute approximate surface area is 138 Å². The summed E-state index contributed by atoms with van der Waals surface area (Å²) >= 11 is 0. The third kappa shape index (κ3) is 4.42. The summed E-state index contributed by atoms with van der Waals surface area (Å²) in [5.74, 6) is -1.98. The molecule has 0 unspecified atom stereocenters. The molecule has 10 heteroatoms. The minimum Gasteiger partial charge on any atom is -0.284 e. The average molecular weight is 376 g/mol. The molecule has 0 aliphatic rings. The Balaban J connectivity index is 2.37. The van der Waals surface area contributed by atoms with Crippen molar-refractivity contribution in [2.75, 3.05) is 15.7 Å². The van der Waals surface area contributed by atoms with E-state index in [2.05, 4.69) is 0 Å². The molecule has 0 heterocycles. The molecule has 2 N–H and O–H groups in total. The SMILES string of the molecule is Cc1ccc(F)c(NS(=O)(=O)c2ccc(NS(C)(=O)=O)cc2F)c1. The fourth-order valence-electron chi connectivity index (χ4n) is 1.91. The maximum Gasteiger partial charge on any atom is 0.264 e. The average Bonchev–Trinajstić information content (AvgIpc) is 2.40. The van der Waals surface area contributed by atoms with Gasteiger partial charge in [-0.05, 0) is 42.8 Å². The van der Waals surface area contributed by atoms with Gasteiger partial charge in [0.15, 0.2) is 0 Å². The Morgan fingerprint density at radius 3 is 2.12 bits per heavy atom. The number of hydrogen-bond acceptors (Lipinski definition) is 4. The van der Waals surface area contributed by atoms with Crippen LogP contribution >= 0.6 is 0 Å². The van der Waals surface area contributed by atoms with E-state index in [9.17, 15) is 25.6 Å². The number of rotatable bonds is 5. The minimum atomic E-state index is -4.39. The number of benzene rings is 2. The van der Waals surface area contributed by atoms with Gasteiger partial charge >= 0.3 is 0 Å². The highest BCUT2D eigenvalue weighted by Crippen LogP contribution is 2.24. The van der Waals surface area contributed by atoms with Gasteiger partial charge in [-0.15, -0.1) is 0 Å². The molecule has 0 atom stereocenters. The van der Waals surface area contributed by atoms with E-state index in [0.29, 0.717) is 5.56 Å². The fraction of sp³-hybridized carbons (Fsp3) is 0.143. The van der Waals surface area contributed by atoms with Gasteiger partial charge in [0.25, 0.3) is 10.0 Å². The topological polar surface area (TPSA) is 92.3 Å². The molecule has 0 aliphatic heterocycles. The van der Waals surface area contributed by atoms with Gasteiger partial charge in [-0.25, -0.2) is 25.6 Å². The van der Waals surface area contributed by atoms with Crippen LogP contribution in [0.15, 0.2) is 41.3 Å². The number of sulfonamides is 2. The number of halogens is 2. The van der Waals surface area contributed by atoms with Crippen molar-refractivity contribution < 1.29 is 25.6 Å². The lowest BCUT2D eigenvalue weighted by Crippen LogP contribution is -2.16. The highest BCUT2D eigenvalue weighted by molar-refractivity contribution is 7.92. The van der Waals surface area contributed by atoms with Crippen LogP contribution in [0, 0.1) is 18.6 Å². The predicted octanol–water partition coefficient (Wildman–Crippen LogP) is 2.45. The van der Waals surface area contributed by atoms with E-state index in [1.807, 2.05) is 9.44 Å². The van der Waals surface area contributed by atoms with Gasteiger partial charge < -0.3 is 0 Å². The monoisotopic (exact) mass is 376 g/mol. The lowest BCUT2D eigenvalue weighted by molar-refractivity contribution is 0.570. The second kappa shape index (κ2) is 6.36. The Hall–Kier alpha value is -2.20. The van der Waals surface area contributed by atoms with E-state index < -0.39 is 36.6 Å². The third-order valence-corrected chi connectivity index (χ3v) is 4.90. The molecule has 0 aliphatic carbocycles. The number of aryl methyl sites for hydroxylation is 1. The van der Waals surface area contributed by atoms with Crippen LogP contribution in [0.1, 0.15) is 5.56 Å². The third-order valence-electron chi connectivity index (χ3n) is 2.89. The molecule has 0 saturated carbocycles. The van der Waals surface area contributed by atoms with Crippen LogP contribution < -0.4 is 9.44 Å². The summed E-state index contributed by atoms with van der Waals surface area (Å²) in [5.41, 5.74) is 0.172. The predicted molar refractivity (Wildman–Crippen MR) is 86.8 cm³/mol. The zero-order valence-electron chi connectivity index (χ0n) is 12.7. The van der Waals surface area contributed by atoms with Crippen LogP contribution in [-0.4, -0.2) is 23.1 Å². The zero-order valence-corrected chi connectivity index (χ0v) is 14.3. The van der Waals surface area contributed by atoms with Crippen molar-refractivity contribution in [1.29, 1.82) is 0 Å². The minimum absolute atomic E-state index is 0.129. The second-order valence-corrected chi connectivity index (χ2v) is 8.51. The molecule has 0 bridgehead atoms. The summed E-state index contributed by atoms with van der Waals surface area (Å²) < 4.78 is 78.4. The van der Waals surface area contributed by atoms with E-state index in [1.54, 1.807) is 6.92 Å². The smallest absolute Gasteiger partial charge is 0.264 e. The van der Waals surface area contributed by atoms with Gasteiger partial charge in [-0.1, -0.05) is 6.07 Å². The molecule has 0 aromatic heterocycles. The van der Waals surface area contributed by atoms with E-state index in [4.69, 9.17) is 0 Å². The van der Waals surface area contributed by atoms with Crippen molar-refractivity contribution in [2.45, 2.75) is 11.8 Å². The molecule has 6 nitrogen and oxygen atoms in total. The molecule has 0 saturated heterocycles. The van der Waals surface area contributed by atoms with E-state index in [1.165, 1.54) is 12.1 Å². The van der Waals surface area contributed by atoms with Crippen LogP contribution in [0.3, 0.4) is 0 Å². The molecular weight excluding hydrogens is 362 g/mol. The van der Waals surface area contributed by atoms with Crippen LogP contribution in [-0.2, 0) is 20.0 Å². The quantitative estimate of drug-likeness (QED) is 0.838. The van der Waals surface area contributed by atoms with Crippen LogP contribution in [0.5, 0.6) is 0 Å². The van der Waals surface area contributed by atoms with Crippen molar-refractivity contribution in [1.82, 2.24) is 0 Å². The van der Waals surface area contributed by atoms with Gasteiger partial charge in [0.05, 0.1) is 17.6 Å². The lowest BCUT2D eigenvalue weighted by atomic mass is 10.2. The van der Waals surface area contributed by atoms with Crippen LogP contribution in [0.25, 0.3) is 0 Å². The molecule has 130 valence electrons.